The summed E-state index contributed by atoms with van der Waals surface area (Å²) < 4.78 is 30.3. The van der Waals surface area contributed by atoms with Crippen molar-refractivity contribution in [2.75, 3.05) is 40.9 Å². The van der Waals surface area contributed by atoms with Crippen molar-refractivity contribution in [3.05, 3.63) is 134 Å². The van der Waals surface area contributed by atoms with Gasteiger partial charge in [0.1, 0.15) is 19.3 Å². The van der Waals surface area contributed by atoms with Gasteiger partial charge in [0.05, 0.1) is 33.8 Å². The predicted molar refractivity (Wildman–Crippen MR) is 334 cm³/mol. The second-order valence-corrected chi connectivity index (χ2v) is 22.9. The molecule has 0 aliphatic carbocycles. The number of likely N-dealkylation sites (N-methyl/N-ethyl adjacent to an activating group) is 1. The van der Waals surface area contributed by atoms with Crippen LogP contribution in [-0.4, -0.2) is 69.4 Å². The Balaban J connectivity index is 5.37. The van der Waals surface area contributed by atoms with Crippen LogP contribution in [0.2, 0.25) is 0 Å². The van der Waals surface area contributed by atoms with Crippen molar-refractivity contribution >= 4 is 19.7 Å². The minimum absolute atomic E-state index is 0.0402. The molecule has 0 aromatic rings. The van der Waals surface area contributed by atoms with Gasteiger partial charge in [-0.05, 0) is 122 Å². The van der Waals surface area contributed by atoms with Crippen LogP contribution in [0.5, 0.6) is 0 Å². The minimum atomic E-state index is -4.72. The summed E-state index contributed by atoms with van der Waals surface area (Å²) in [7, 11) is 1.13. The number of hydrogen-bond donors (Lipinski definition) is 1. The molecular weight excluding hydrogens is 988 g/mol. The monoisotopic (exact) mass is 1100 g/mol. The summed E-state index contributed by atoms with van der Waals surface area (Å²) in [6.45, 7) is 6.55. The van der Waals surface area contributed by atoms with Crippen LogP contribution in [0.1, 0.15) is 233 Å². The van der Waals surface area contributed by atoms with Gasteiger partial charge in [0, 0.05) is 12.8 Å². The first-order chi connectivity index (χ1) is 37.9. The Morgan fingerprint density at radius 3 is 1.24 bits per heavy atom. The number of ether oxygens (including phenoxy) is 1. The van der Waals surface area contributed by atoms with E-state index in [0.29, 0.717) is 23.9 Å². The Labute approximate surface area is 479 Å². The highest BCUT2D eigenvalue weighted by Crippen LogP contribution is 2.38. The Morgan fingerprint density at radius 1 is 0.462 bits per heavy atom. The topological polar surface area (TPSA) is 114 Å². The zero-order valence-electron chi connectivity index (χ0n) is 50.6. The second-order valence-electron chi connectivity index (χ2n) is 21.4. The lowest BCUT2D eigenvalue weighted by molar-refractivity contribution is -0.870. The van der Waals surface area contributed by atoms with E-state index in [1.54, 1.807) is 0 Å². The van der Waals surface area contributed by atoms with Crippen molar-refractivity contribution in [3.8, 4) is 0 Å². The SMILES string of the molecule is CC/C=C\C/C=C\C/C=C\C/C=C\C/C=C\CCCCCCCC(=O)OC(/C=C/CCCCCCCCCCCC)C(COP(=O)([O-])OCC[N+](C)(C)C)NC(=O)CCCCC/C=C\C/C=C\C/C=C\C/C=C\C/C=C\CC. The van der Waals surface area contributed by atoms with Crippen molar-refractivity contribution in [2.45, 2.75) is 245 Å². The zero-order chi connectivity index (χ0) is 57.2. The van der Waals surface area contributed by atoms with E-state index >= 15 is 0 Å². The van der Waals surface area contributed by atoms with Gasteiger partial charge in [-0.2, -0.15) is 0 Å². The quantitative estimate of drug-likeness (QED) is 0.0212. The van der Waals surface area contributed by atoms with Gasteiger partial charge in [-0.25, -0.2) is 0 Å². The molecule has 444 valence electrons. The Kier molecular flexibility index (Phi) is 53.6. The van der Waals surface area contributed by atoms with Gasteiger partial charge in [-0.1, -0.05) is 232 Å². The molecule has 0 fully saturated rings. The molecule has 0 spiro atoms. The third-order valence-corrected chi connectivity index (χ3v) is 13.8. The summed E-state index contributed by atoms with van der Waals surface area (Å²) >= 11 is 0. The lowest BCUT2D eigenvalue weighted by Crippen LogP contribution is -2.47. The predicted octanol–water partition coefficient (Wildman–Crippen LogP) is 18.6. The summed E-state index contributed by atoms with van der Waals surface area (Å²) in [5.74, 6) is -0.611. The van der Waals surface area contributed by atoms with Crippen LogP contribution >= 0.6 is 7.82 Å². The van der Waals surface area contributed by atoms with Gasteiger partial charge in [0.15, 0.2) is 0 Å². The van der Waals surface area contributed by atoms with E-state index in [9.17, 15) is 19.0 Å². The molecule has 0 aromatic carbocycles. The highest BCUT2D eigenvalue weighted by Gasteiger charge is 2.27. The number of nitrogens with zero attached hydrogens (tertiary/aromatic N) is 1. The molecule has 10 heteroatoms. The van der Waals surface area contributed by atoms with Crippen LogP contribution in [-0.2, 0) is 27.9 Å². The fourth-order valence-corrected chi connectivity index (χ4v) is 8.83. The van der Waals surface area contributed by atoms with Crippen LogP contribution < -0.4 is 10.2 Å². The number of amides is 1. The molecule has 78 heavy (non-hydrogen) atoms. The van der Waals surface area contributed by atoms with E-state index in [1.165, 1.54) is 51.4 Å². The molecule has 0 heterocycles. The third-order valence-electron chi connectivity index (χ3n) is 12.8. The molecule has 0 aliphatic heterocycles. The van der Waals surface area contributed by atoms with Crippen LogP contribution in [0.15, 0.2) is 134 Å². The zero-order valence-corrected chi connectivity index (χ0v) is 51.5. The Bertz CT molecular complexity index is 1800. The van der Waals surface area contributed by atoms with Crippen molar-refractivity contribution in [2.24, 2.45) is 0 Å². The number of rotatable bonds is 54. The van der Waals surface area contributed by atoms with E-state index < -0.39 is 26.6 Å². The van der Waals surface area contributed by atoms with Gasteiger partial charge in [0.2, 0.25) is 5.91 Å². The molecule has 1 amide bonds. The third kappa shape index (κ3) is 56.9. The second kappa shape index (κ2) is 56.4. The van der Waals surface area contributed by atoms with E-state index in [2.05, 4.69) is 148 Å². The van der Waals surface area contributed by atoms with E-state index in [1.807, 2.05) is 33.3 Å². The van der Waals surface area contributed by atoms with Gasteiger partial charge >= 0.3 is 5.97 Å². The van der Waals surface area contributed by atoms with Gasteiger partial charge in [-0.15, -0.1) is 0 Å². The molecule has 0 aliphatic rings. The van der Waals surface area contributed by atoms with Gasteiger partial charge in [0.25, 0.3) is 7.82 Å². The average molecular weight is 1100 g/mol. The van der Waals surface area contributed by atoms with E-state index in [4.69, 9.17) is 13.8 Å². The first-order valence-electron chi connectivity index (χ1n) is 31.0. The number of phosphoric ester groups is 1. The number of phosphoric acid groups is 1. The maximum absolute atomic E-state index is 13.5. The van der Waals surface area contributed by atoms with E-state index in [-0.39, 0.29) is 31.3 Å². The number of carbonyl (C=O) groups excluding carboxylic acids is 2. The Morgan fingerprint density at radius 2 is 0.821 bits per heavy atom. The largest absolute Gasteiger partial charge is 0.756 e. The fourth-order valence-electron chi connectivity index (χ4n) is 8.10. The molecule has 9 nitrogen and oxygen atoms in total. The Hall–Kier alpha value is -3.85. The van der Waals surface area contributed by atoms with Gasteiger partial charge in [-0.3, -0.25) is 14.2 Å². The summed E-state index contributed by atoms with van der Waals surface area (Å²) in [6, 6.07) is -0.924. The van der Waals surface area contributed by atoms with Crippen LogP contribution in [0.3, 0.4) is 0 Å². The number of allylic oxidation sites excluding steroid dienone is 21. The van der Waals surface area contributed by atoms with Crippen molar-refractivity contribution in [1.82, 2.24) is 5.32 Å². The van der Waals surface area contributed by atoms with Gasteiger partial charge < -0.3 is 28.5 Å². The molecular formula is C68H115N2O7P. The first kappa shape index (κ1) is 74.2. The highest BCUT2D eigenvalue weighted by molar-refractivity contribution is 7.45. The molecule has 3 atom stereocenters. The smallest absolute Gasteiger partial charge is 0.306 e. The molecule has 0 rings (SSSR count). The molecule has 0 saturated heterocycles. The summed E-state index contributed by atoms with van der Waals surface area (Å²) in [5, 5.41) is 3.00. The van der Waals surface area contributed by atoms with Crippen molar-refractivity contribution in [1.29, 1.82) is 0 Å². The summed E-state index contributed by atoms with van der Waals surface area (Å²) in [6.07, 6.45) is 79.9. The van der Waals surface area contributed by atoms with E-state index in [0.717, 1.165) is 135 Å². The maximum atomic E-state index is 13.5. The average Bonchev–Trinajstić information content (AvgIpc) is 3.40. The number of carbonyl (C=O) groups is 2. The number of esters is 1. The minimum Gasteiger partial charge on any atom is -0.756 e. The van der Waals surface area contributed by atoms with Crippen molar-refractivity contribution in [3.63, 3.8) is 0 Å². The number of quaternary nitrogens is 1. The lowest BCUT2D eigenvalue weighted by Gasteiger charge is -2.30. The van der Waals surface area contributed by atoms with Crippen molar-refractivity contribution < 1.29 is 37.3 Å². The molecule has 1 N–H and O–H groups in total. The molecule has 0 saturated carbocycles. The molecule has 0 radical (unpaired) electrons. The summed E-state index contributed by atoms with van der Waals surface area (Å²) in [5.41, 5.74) is 0. The molecule has 3 unspecified atom stereocenters. The van der Waals surface area contributed by atoms with Crippen LogP contribution in [0.4, 0.5) is 0 Å². The first-order valence-corrected chi connectivity index (χ1v) is 32.5. The fraction of sp³-hybridized carbons (Fsp3) is 0.647. The van der Waals surface area contributed by atoms with Crippen LogP contribution in [0.25, 0.3) is 0 Å². The number of nitrogens with one attached hydrogen (secondary N) is 1. The molecule has 0 aromatic heterocycles. The highest BCUT2D eigenvalue weighted by atomic mass is 31.2. The summed E-state index contributed by atoms with van der Waals surface area (Å²) in [4.78, 5) is 40.0. The number of hydrogen-bond acceptors (Lipinski definition) is 7. The standard InChI is InChI=1S/C68H115N2O7P/c1-7-10-13-16-19-22-25-28-30-32-34-35-37-39-41-43-46-49-52-55-58-61-68(72)77-66(59-56-53-50-47-44-27-24-21-18-15-12-9-3)65(64-76-78(73,74)75-63-62-70(4,5)6)69-67(71)60-57-54-51-48-45-42-40-38-36-33-31-29-26-23-20-17-14-11-8-2/h10-11,13-14,19-20,22-23,28-31,34-36,38-39,41-42,45,56,59,65-66H,7-9,12,15-18,21,24-27,32-33,37,40,43-44,46-55,57-58,60-64H2,1-6H3,(H-,69,71,73,74)/b13-10-,14-11-,22-19-,23-20-,30-28-,31-29-,35-34-,38-36-,41-39-,45-42-,59-56+. The van der Waals surface area contributed by atoms with Crippen LogP contribution in [0, 0.1) is 0 Å². The normalized spacial score (nSPS) is 14.6. The lowest BCUT2D eigenvalue weighted by atomic mass is 10.1. The molecule has 0 bridgehead atoms. The number of unbranched alkanes of at least 4 members (excludes halogenated alkanes) is 18. The maximum Gasteiger partial charge on any atom is 0.306 e.